The smallest absolute Gasteiger partial charge is 0.0162 e. The molecule has 0 radical (unpaired) electrons. The first-order valence-electron chi connectivity index (χ1n) is 11.3. The molecule has 2 aromatic carbocycles. The Labute approximate surface area is 161 Å². The Morgan fingerprint density at radius 2 is 1.46 bits per heavy atom. The number of hydrogen-bond acceptors (Lipinski definition) is 0. The van der Waals surface area contributed by atoms with Gasteiger partial charge in [0, 0.05) is 0 Å². The van der Waals surface area contributed by atoms with Gasteiger partial charge in [0.05, 0.1) is 0 Å². The van der Waals surface area contributed by atoms with Gasteiger partial charge in [-0.15, -0.1) is 0 Å². The van der Waals surface area contributed by atoms with E-state index in [2.05, 4.69) is 50.2 Å². The summed E-state index contributed by atoms with van der Waals surface area (Å²) in [6.07, 6.45) is 16.8. The third-order valence-corrected chi connectivity index (χ3v) is 6.50. The van der Waals surface area contributed by atoms with Gasteiger partial charge in [-0.05, 0) is 65.8 Å². The van der Waals surface area contributed by atoms with Crippen LogP contribution in [0.5, 0.6) is 0 Å². The van der Waals surface area contributed by atoms with Gasteiger partial charge < -0.3 is 0 Å². The summed E-state index contributed by atoms with van der Waals surface area (Å²) >= 11 is 0. The van der Waals surface area contributed by atoms with Crippen molar-refractivity contribution in [3.63, 3.8) is 0 Å². The number of unbranched alkanes of at least 4 members (excludes halogenated alkanes) is 4. The highest BCUT2D eigenvalue weighted by atomic mass is 14.3. The summed E-state index contributed by atoms with van der Waals surface area (Å²) in [6, 6.07) is 14.3. The topological polar surface area (TPSA) is 0 Å². The van der Waals surface area contributed by atoms with Crippen LogP contribution in [0.2, 0.25) is 0 Å². The number of hydrogen-bond donors (Lipinski definition) is 0. The van der Waals surface area contributed by atoms with Gasteiger partial charge in [0.25, 0.3) is 0 Å². The zero-order valence-corrected chi connectivity index (χ0v) is 17.1. The minimum atomic E-state index is 0.797. The molecule has 1 fully saturated rings. The molecule has 0 heteroatoms. The lowest BCUT2D eigenvalue weighted by Gasteiger charge is -2.29. The number of rotatable bonds is 9. The molecule has 1 saturated carbocycles. The Balaban J connectivity index is 1.51. The number of fused-ring (bicyclic) bond motifs is 1. The van der Waals surface area contributed by atoms with Gasteiger partial charge in [0.15, 0.2) is 0 Å². The van der Waals surface area contributed by atoms with Crippen molar-refractivity contribution in [3.8, 4) is 0 Å². The van der Waals surface area contributed by atoms with Crippen molar-refractivity contribution in [1.82, 2.24) is 0 Å². The highest BCUT2D eigenvalue weighted by Gasteiger charge is 2.22. The first-order valence-corrected chi connectivity index (χ1v) is 11.3. The van der Waals surface area contributed by atoms with Crippen molar-refractivity contribution in [3.05, 3.63) is 47.5 Å². The van der Waals surface area contributed by atoms with Crippen molar-refractivity contribution >= 4 is 10.8 Å². The van der Waals surface area contributed by atoms with Crippen LogP contribution in [0.3, 0.4) is 0 Å². The first-order chi connectivity index (χ1) is 12.8. The van der Waals surface area contributed by atoms with Crippen LogP contribution in [-0.2, 0) is 6.42 Å². The average Bonchev–Trinajstić information content (AvgIpc) is 2.68. The predicted octanol–water partition coefficient (Wildman–Crippen LogP) is 8.43. The standard InChI is InChI=1S/C26H38/c1-3-5-6-7-8-10-21-11-14-23(15-12-21)25-18-17-24-19-22(9-4-2)13-16-26(24)20-25/h13,16-21,23H,3-12,14-15H2,1-2H3/t21-,23-. The molecule has 26 heavy (non-hydrogen) atoms. The third-order valence-electron chi connectivity index (χ3n) is 6.50. The Kier molecular flexibility index (Phi) is 7.59. The Morgan fingerprint density at radius 3 is 2.23 bits per heavy atom. The van der Waals surface area contributed by atoms with E-state index in [-0.39, 0.29) is 0 Å². The van der Waals surface area contributed by atoms with Crippen LogP contribution in [0.4, 0.5) is 0 Å². The molecule has 0 saturated heterocycles. The Bertz CT molecular complexity index is 661. The van der Waals surface area contributed by atoms with E-state index >= 15 is 0 Å². The SMILES string of the molecule is CCCCCCC[C@H]1CC[C@H](c2ccc3cc(CCC)ccc3c2)CC1. The van der Waals surface area contributed by atoms with Gasteiger partial charge in [-0.1, -0.05) is 95.2 Å². The van der Waals surface area contributed by atoms with Crippen LogP contribution in [0.25, 0.3) is 10.8 Å². The molecule has 2 aromatic rings. The second kappa shape index (κ2) is 10.1. The Morgan fingerprint density at radius 1 is 0.731 bits per heavy atom. The molecule has 0 amide bonds. The van der Waals surface area contributed by atoms with Gasteiger partial charge in [-0.3, -0.25) is 0 Å². The predicted molar refractivity (Wildman–Crippen MR) is 116 cm³/mol. The molecule has 0 bridgehead atoms. The molecule has 142 valence electrons. The second-order valence-corrected chi connectivity index (χ2v) is 8.61. The average molecular weight is 351 g/mol. The summed E-state index contributed by atoms with van der Waals surface area (Å²) < 4.78 is 0. The fourth-order valence-electron chi connectivity index (χ4n) is 4.83. The lowest BCUT2D eigenvalue weighted by molar-refractivity contribution is 0.302. The summed E-state index contributed by atoms with van der Waals surface area (Å²) in [7, 11) is 0. The summed E-state index contributed by atoms with van der Waals surface area (Å²) in [4.78, 5) is 0. The molecular weight excluding hydrogens is 312 g/mol. The van der Waals surface area contributed by atoms with E-state index in [1.165, 1.54) is 93.4 Å². The van der Waals surface area contributed by atoms with E-state index in [0.717, 1.165) is 11.8 Å². The molecule has 0 nitrogen and oxygen atoms in total. The van der Waals surface area contributed by atoms with Crippen molar-refractivity contribution in [2.45, 2.75) is 96.8 Å². The van der Waals surface area contributed by atoms with Crippen molar-refractivity contribution in [2.24, 2.45) is 5.92 Å². The van der Waals surface area contributed by atoms with Gasteiger partial charge in [0.2, 0.25) is 0 Å². The van der Waals surface area contributed by atoms with Crippen LogP contribution in [0, 0.1) is 5.92 Å². The van der Waals surface area contributed by atoms with Crippen LogP contribution in [0.1, 0.15) is 102 Å². The van der Waals surface area contributed by atoms with E-state index < -0.39 is 0 Å². The second-order valence-electron chi connectivity index (χ2n) is 8.61. The molecule has 0 heterocycles. The molecule has 0 aliphatic heterocycles. The molecule has 3 rings (SSSR count). The molecule has 1 aliphatic carbocycles. The zero-order valence-electron chi connectivity index (χ0n) is 17.1. The van der Waals surface area contributed by atoms with E-state index in [1.54, 1.807) is 5.56 Å². The molecule has 0 N–H and O–H groups in total. The highest BCUT2D eigenvalue weighted by Crippen LogP contribution is 2.38. The lowest BCUT2D eigenvalue weighted by Crippen LogP contribution is -2.13. The fourth-order valence-corrected chi connectivity index (χ4v) is 4.83. The van der Waals surface area contributed by atoms with Crippen LogP contribution in [0.15, 0.2) is 36.4 Å². The van der Waals surface area contributed by atoms with Crippen molar-refractivity contribution in [1.29, 1.82) is 0 Å². The first kappa shape index (κ1) is 19.5. The third kappa shape index (κ3) is 5.35. The number of benzene rings is 2. The summed E-state index contributed by atoms with van der Waals surface area (Å²) in [5.74, 6) is 1.80. The summed E-state index contributed by atoms with van der Waals surface area (Å²) in [5, 5.41) is 2.85. The van der Waals surface area contributed by atoms with E-state index in [9.17, 15) is 0 Å². The minimum Gasteiger partial charge on any atom is -0.0654 e. The van der Waals surface area contributed by atoms with E-state index in [0.29, 0.717) is 0 Å². The molecule has 0 spiro atoms. The molecule has 1 aliphatic rings. The summed E-state index contributed by atoms with van der Waals surface area (Å²) in [6.45, 7) is 4.56. The van der Waals surface area contributed by atoms with Gasteiger partial charge in [-0.2, -0.15) is 0 Å². The van der Waals surface area contributed by atoms with E-state index in [4.69, 9.17) is 0 Å². The normalized spacial score (nSPS) is 20.5. The monoisotopic (exact) mass is 350 g/mol. The van der Waals surface area contributed by atoms with Crippen molar-refractivity contribution < 1.29 is 0 Å². The fraction of sp³-hybridized carbons (Fsp3) is 0.615. The van der Waals surface area contributed by atoms with E-state index in [1.807, 2.05) is 0 Å². The van der Waals surface area contributed by atoms with Gasteiger partial charge >= 0.3 is 0 Å². The maximum atomic E-state index is 2.47. The summed E-state index contributed by atoms with van der Waals surface area (Å²) in [5.41, 5.74) is 3.06. The zero-order chi connectivity index (χ0) is 18.2. The minimum absolute atomic E-state index is 0.797. The maximum absolute atomic E-state index is 2.47. The molecular formula is C26H38. The molecule has 0 unspecified atom stereocenters. The largest absolute Gasteiger partial charge is 0.0654 e. The van der Waals surface area contributed by atoms with Crippen LogP contribution in [-0.4, -0.2) is 0 Å². The van der Waals surface area contributed by atoms with Crippen LogP contribution < -0.4 is 0 Å². The molecule has 0 aromatic heterocycles. The van der Waals surface area contributed by atoms with Crippen molar-refractivity contribution in [2.75, 3.05) is 0 Å². The lowest BCUT2D eigenvalue weighted by atomic mass is 9.76. The highest BCUT2D eigenvalue weighted by molar-refractivity contribution is 5.84. The molecule has 0 atom stereocenters. The van der Waals surface area contributed by atoms with Gasteiger partial charge in [-0.25, -0.2) is 0 Å². The Hall–Kier alpha value is -1.30. The number of aryl methyl sites for hydroxylation is 1. The quantitative estimate of drug-likeness (QED) is 0.398. The van der Waals surface area contributed by atoms with Gasteiger partial charge in [0.1, 0.15) is 0 Å². The van der Waals surface area contributed by atoms with Crippen LogP contribution >= 0.6 is 0 Å². The maximum Gasteiger partial charge on any atom is -0.0162 e.